The largest absolute Gasteiger partial charge is 0.497 e. The van der Waals surface area contributed by atoms with Crippen molar-refractivity contribution in [3.8, 4) is 17.4 Å². The summed E-state index contributed by atoms with van der Waals surface area (Å²) >= 11 is 5.84. The maximum Gasteiger partial charge on any atom is 0.336 e. The van der Waals surface area contributed by atoms with Crippen molar-refractivity contribution in [3.63, 3.8) is 0 Å². The van der Waals surface area contributed by atoms with Crippen LogP contribution in [-0.4, -0.2) is 21.9 Å². The van der Waals surface area contributed by atoms with Crippen LogP contribution in [0.1, 0.15) is 5.56 Å². The highest BCUT2D eigenvalue weighted by Gasteiger charge is 2.04. The van der Waals surface area contributed by atoms with Gasteiger partial charge < -0.3 is 9.47 Å². The zero-order valence-corrected chi connectivity index (χ0v) is 12.7. The fourth-order valence-corrected chi connectivity index (χ4v) is 2.03. The Morgan fingerprint density at radius 3 is 2.45 bits per heavy atom. The Balaban J connectivity index is 1.66. The van der Waals surface area contributed by atoms with Crippen molar-refractivity contribution in [1.82, 2.24) is 14.8 Å². The van der Waals surface area contributed by atoms with E-state index in [-0.39, 0.29) is 0 Å². The zero-order valence-electron chi connectivity index (χ0n) is 11.9. The molecule has 0 bridgehead atoms. The average molecular weight is 316 g/mol. The van der Waals surface area contributed by atoms with Gasteiger partial charge in [0.25, 0.3) is 0 Å². The van der Waals surface area contributed by atoms with E-state index in [0.29, 0.717) is 17.6 Å². The van der Waals surface area contributed by atoms with Crippen molar-refractivity contribution in [1.29, 1.82) is 0 Å². The second kappa shape index (κ2) is 6.49. The average Bonchev–Trinajstić information content (AvgIpc) is 3.03. The lowest BCUT2D eigenvalue weighted by atomic mass is 10.2. The first-order chi connectivity index (χ1) is 10.7. The van der Waals surface area contributed by atoms with E-state index >= 15 is 0 Å². The quantitative estimate of drug-likeness (QED) is 0.723. The minimum Gasteiger partial charge on any atom is -0.497 e. The Morgan fingerprint density at radius 2 is 1.77 bits per heavy atom. The van der Waals surface area contributed by atoms with Crippen molar-refractivity contribution in [2.75, 3.05) is 7.11 Å². The van der Waals surface area contributed by atoms with Gasteiger partial charge in [-0.2, -0.15) is 4.98 Å². The van der Waals surface area contributed by atoms with Crippen LogP contribution in [0.2, 0.25) is 5.02 Å². The number of aromatic nitrogens is 3. The third-order valence-corrected chi connectivity index (χ3v) is 3.34. The maximum absolute atomic E-state index is 5.84. The molecular formula is C16H14ClN3O2. The summed E-state index contributed by atoms with van der Waals surface area (Å²) < 4.78 is 12.3. The predicted octanol–water partition coefficient (Wildman–Crippen LogP) is 3.51. The van der Waals surface area contributed by atoms with E-state index in [1.807, 2.05) is 48.5 Å². The van der Waals surface area contributed by atoms with E-state index in [2.05, 4.69) is 10.1 Å². The van der Waals surface area contributed by atoms with Gasteiger partial charge in [-0.15, -0.1) is 5.10 Å². The molecule has 1 heterocycles. The van der Waals surface area contributed by atoms with Crippen LogP contribution < -0.4 is 9.47 Å². The Hall–Kier alpha value is -2.53. The van der Waals surface area contributed by atoms with Gasteiger partial charge in [0.15, 0.2) is 0 Å². The summed E-state index contributed by atoms with van der Waals surface area (Å²) in [7, 11) is 1.63. The molecule has 2 aromatic carbocycles. The number of nitrogens with zero attached hydrogens (tertiary/aromatic N) is 3. The van der Waals surface area contributed by atoms with Gasteiger partial charge in [0.2, 0.25) is 0 Å². The van der Waals surface area contributed by atoms with Crippen LogP contribution in [0.5, 0.6) is 11.8 Å². The summed E-state index contributed by atoms with van der Waals surface area (Å²) in [6.07, 6.45) is 1.61. The minimum absolute atomic E-state index is 0.325. The van der Waals surface area contributed by atoms with E-state index in [1.165, 1.54) is 0 Å². The lowest BCUT2D eigenvalue weighted by Crippen LogP contribution is -1.99. The van der Waals surface area contributed by atoms with Crippen molar-refractivity contribution >= 4 is 11.6 Å². The van der Waals surface area contributed by atoms with Crippen molar-refractivity contribution < 1.29 is 9.47 Å². The van der Waals surface area contributed by atoms with E-state index in [4.69, 9.17) is 21.1 Å². The van der Waals surface area contributed by atoms with Gasteiger partial charge in [0.05, 0.1) is 12.8 Å². The molecule has 0 saturated carbocycles. The van der Waals surface area contributed by atoms with Crippen molar-refractivity contribution in [2.45, 2.75) is 6.61 Å². The summed E-state index contributed by atoms with van der Waals surface area (Å²) in [6, 6.07) is 15.3. The number of rotatable bonds is 5. The van der Waals surface area contributed by atoms with E-state index in [1.54, 1.807) is 18.1 Å². The van der Waals surface area contributed by atoms with Crippen LogP contribution in [0.3, 0.4) is 0 Å². The molecule has 0 N–H and O–H groups in total. The maximum atomic E-state index is 5.84. The highest BCUT2D eigenvalue weighted by molar-refractivity contribution is 6.30. The van der Waals surface area contributed by atoms with Crippen LogP contribution in [0.25, 0.3) is 5.69 Å². The lowest BCUT2D eigenvalue weighted by molar-refractivity contribution is 0.281. The molecule has 0 radical (unpaired) electrons. The molecule has 1 aromatic heterocycles. The monoisotopic (exact) mass is 315 g/mol. The van der Waals surface area contributed by atoms with Gasteiger partial charge in [0.1, 0.15) is 18.7 Å². The molecule has 6 heteroatoms. The first-order valence-corrected chi connectivity index (χ1v) is 7.06. The number of halogens is 1. The van der Waals surface area contributed by atoms with Gasteiger partial charge in [-0.3, -0.25) is 0 Å². The first kappa shape index (κ1) is 14.4. The third kappa shape index (κ3) is 3.38. The highest BCUT2D eigenvalue weighted by atomic mass is 35.5. The first-order valence-electron chi connectivity index (χ1n) is 6.68. The standard InChI is InChI=1S/C16H14ClN3O2/c1-21-15-8-6-14(7-9-15)20-11-18-16(19-20)22-10-12-2-4-13(17)5-3-12/h2-9,11H,10H2,1H3. The number of hydrogen-bond acceptors (Lipinski definition) is 4. The third-order valence-electron chi connectivity index (χ3n) is 3.09. The molecule has 0 unspecified atom stereocenters. The molecule has 0 atom stereocenters. The number of ether oxygens (including phenoxy) is 2. The number of methoxy groups -OCH3 is 1. The van der Waals surface area contributed by atoms with E-state index in [0.717, 1.165) is 17.0 Å². The summed E-state index contributed by atoms with van der Waals surface area (Å²) in [5, 5.41) is 4.98. The van der Waals surface area contributed by atoms with Gasteiger partial charge in [-0.1, -0.05) is 23.7 Å². The van der Waals surface area contributed by atoms with Crippen molar-refractivity contribution in [2.24, 2.45) is 0 Å². The SMILES string of the molecule is COc1ccc(-n2cnc(OCc3ccc(Cl)cc3)n2)cc1. The number of benzene rings is 2. The molecule has 0 spiro atoms. The Morgan fingerprint density at radius 1 is 1.05 bits per heavy atom. The second-order valence-corrected chi connectivity index (χ2v) is 5.02. The minimum atomic E-state index is 0.325. The molecule has 22 heavy (non-hydrogen) atoms. The molecule has 0 saturated heterocycles. The van der Waals surface area contributed by atoms with Crippen LogP contribution in [0, 0.1) is 0 Å². The van der Waals surface area contributed by atoms with Crippen LogP contribution in [0.4, 0.5) is 0 Å². The molecule has 0 aliphatic carbocycles. The van der Waals surface area contributed by atoms with E-state index < -0.39 is 0 Å². The lowest BCUT2D eigenvalue weighted by Gasteiger charge is -2.03. The molecule has 0 amide bonds. The van der Waals surface area contributed by atoms with Gasteiger partial charge in [-0.25, -0.2) is 4.68 Å². The summed E-state index contributed by atoms with van der Waals surface area (Å²) in [5.41, 5.74) is 1.89. The predicted molar refractivity (Wildman–Crippen MR) is 83.7 cm³/mol. The van der Waals surface area contributed by atoms with E-state index in [9.17, 15) is 0 Å². The summed E-state index contributed by atoms with van der Waals surface area (Å²) in [4.78, 5) is 4.14. The molecule has 3 rings (SSSR count). The Bertz CT molecular complexity index is 739. The molecule has 5 nitrogen and oxygen atoms in total. The molecular weight excluding hydrogens is 302 g/mol. The van der Waals surface area contributed by atoms with Gasteiger partial charge in [0, 0.05) is 5.02 Å². The molecule has 0 aliphatic rings. The molecule has 112 valence electrons. The smallest absolute Gasteiger partial charge is 0.336 e. The molecule has 0 aliphatic heterocycles. The topological polar surface area (TPSA) is 49.2 Å². The summed E-state index contributed by atoms with van der Waals surface area (Å²) in [5.74, 6) is 0.795. The highest BCUT2D eigenvalue weighted by Crippen LogP contribution is 2.16. The fourth-order valence-electron chi connectivity index (χ4n) is 1.90. The van der Waals surface area contributed by atoms with Crippen molar-refractivity contribution in [3.05, 3.63) is 65.4 Å². The van der Waals surface area contributed by atoms with Crippen LogP contribution in [0.15, 0.2) is 54.9 Å². The second-order valence-electron chi connectivity index (χ2n) is 4.58. The van der Waals surface area contributed by atoms with Gasteiger partial charge in [-0.05, 0) is 42.0 Å². The Labute approximate surface area is 133 Å². The van der Waals surface area contributed by atoms with Crippen LogP contribution in [-0.2, 0) is 6.61 Å². The number of hydrogen-bond donors (Lipinski definition) is 0. The Kier molecular flexibility index (Phi) is 4.25. The normalized spacial score (nSPS) is 10.5. The zero-order chi connectivity index (χ0) is 15.4. The molecule has 0 fully saturated rings. The van der Waals surface area contributed by atoms with Gasteiger partial charge >= 0.3 is 6.01 Å². The fraction of sp³-hybridized carbons (Fsp3) is 0.125. The summed E-state index contributed by atoms with van der Waals surface area (Å²) in [6.45, 7) is 0.393. The molecule has 3 aromatic rings. The van der Waals surface area contributed by atoms with Crippen LogP contribution >= 0.6 is 11.6 Å².